The lowest BCUT2D eigenvalue weighted by Gasteiger charge is -2.04. The maximum Gasteiger partial charge on any atom is 0.203 e. The Labute approximate surface area is 123 Å². The number of ketones is 1. The predicted octanol–water partition coefficient (Wildman–Crippen LogP) is 4.86. The van der Waals surface area contributed by atoms with Crippen molar-refractivity contribution < 1.29 is 9.53 Å². The molecule has 3 rings (SSSR count). The lowest BCUT2D eigenvalue weighted by molar-refractivity contribution is 0.104. The molecule has 0 fully saturated rings. The number of benzene rings is 1. The Morgan fingerprint density at radius 3 is 2.79 bits per heavy atom. The molecule has 0 radical (unpaired) electrons. The molecule has 0 unspecified atom stereocenters. The second-order valence-electron chi connectivity index (χ2n) is 3.94. The van der Waals surface area contributed by atoms with Crippen molar-refractivity contribution in [3.8, 4) is 5.75 Å². The van der Waals surface area contributed by atoms with Gasteiger partial charge in [0.25, 0.3) is 0 Å². The molecule has 1 aromatic carbocycles. The minimum atomic E-state index is 0.00312. The van der Waals surface area contributed by atoms with E-state index in [0.717, 1.165) is 14.3 Å². The zero-order chi connectivity index (χ0) is 13.4. The number of fused-ring (bicyclic) bond motifs is 1. The lowest BCUT2D eigenvalue weighted by Crippen LogP contribution is -1.99. The summed E-state index contributed by atoms with van der Waals surface area (Å²) in [4.78, 5) is 13.2. The molecule has 19 heavy (non-hydrogen) atoms. The number of rotatable bonds is 3. The number of thiophene rings is 2. The van der Waals surface area contributed by atoms with Crippen LogP contribution in [-0.2, 0) is 0 Å². The third kappa shape index (κ3) is 2.27. The van der Waals surface area contributed by atoms with Crippen molar-refractivity contribution in [1.82, 2.24) is 0 Å². The van der Waals surface area contributed by atoms with Gasteiger partial charge < -0.3 is 4.74 Å². The van der Waals surface area contributed by atoms with E-state index in [1.54, 1.807) is 29.5 Å². The van der Waals surface area contributed by atoms with Crippen LogP contribution < -0.4 is 4.74 Å². The largest absolute Gasteiger partial charge is 0.495 e. The van der Waals surface area contributed by atoms with Gasteiger partial charge in [-0.05, 0) is 35.7 Å². The van der Waals surface area contributed by atoms with Crippen LogP contribution in [0, 0.1) is 0 Å². The Bertz CT molecular complexity index is 729. The SMILES string of the molecule is COc1cc(C(=O)c2cc3sccc3s2)ccc1Cl. The van der Waals surface area contributed by atoms with Crippen molar-refractivity contribution in [2.75, 3.05) is 7.11 Å². The van der Waals surface area contributed by atoms with Gasteiger partial charge in [0.1, 0.15) is 5.75 Å². The maximum absolute atomic E-state index is 12.4. The Morgan fingerprint density at radius 1 is 1.21 bits per heavy atom. The van der Waals surface area contributed by atoms with Gasteiger partial charge in [-0.2, -0.15) is 0 Å². The highest BCUT2D eigenvalue weighted by molar-refractivity contribution is 7.28. The van der Waals surface area contributed by atoms with Gasteiger partial charge >= 0.3 is 0 Å². The molecular formula is C14H9ClO2S2. The third-order valence-corrected chi connectivity index (χ3v) is 5.18. The molecule has 2 heterocycles. The molecule has 96 valence electrons. The molecule has 0 saturated heterocycles. The number of carbonyl (C=O) groups is 1. The van der Waals surface area contributed by atoms with Crippen LogP contribution >= 0.6 is 34.3 Å². The van der Waals surface area contributed by atoms with Gasteiger partial charge in [-0.1, -0.05) is 11.6 Å². The Morgan fingerprint density at radius 2 is 2.05 bits per heavy atom. The molecular weight excluding hydrogens is 300 g/mol. The Kier molecular flexibility index (Phi) is 3.31. The number of carbonyl (C=O) groups excluding carboxylic acids is 1. The fraction of sp³-hybridized carbons (Fsp3) is 0.0714. The van der Waals surface area contributed by atoms with Crippen LogP contribution in [0.5, 0.6) is 5.75 Å². The number of ether oxygens (including phenoxy) is 1. The van der Waals surface area contributed by atoms with Crippen molar-refractivity contribution in [1.29, 1.82) is 0 Å². The second-order valence-corrected chi connectivity index (χ2v) is 6.38. The van der Waals surface area contributed by atoms with E-state index in [2.05, 4.69) is 0 Å². The van der Waals surface area contributed by atoms with E-state index in [1.807, 2.05) is 17.5 Å². The highest BCUT2D eigenvalue weighted by Gasteiger charge is 2.15. The average molecular weight is 309 g/mol. The van der Waals surface area contributed by atoms with Crippen molar-refractivity contribution in [2.24, 2.45) is 0 Å². The minimum Gasteiger partial charge on any atom is -0.495 e. The number of hydrogen-bond donors (Lipinski definition) is 0. The quantitative estimate of drug-likeness (QED) is 0.646. The summed E-state index contributed by atoms with van der Waals surface area (Å²) < 4.78 is 7.43. The first-order valence-corrected chi connectivity index (χ1v) is 7.62. The van der Waals surface area contributed by atoms with E-state index in [9.17, 15) is 4.79 Å². The van der Waals surface area contributed by atoms with Crippen molar-refractivity contribution >= 4 is 49.5 Å². The molecule has 0 aliphatic rings. The van der Waals surface area contributed by atoms with E-state index in [-0.39, 0.29) is 5.78 Å². The van der Waals surface area contributed by atoms with Gasteiger partial charge in [0.05, 0.1) is 17.0 Å². The highest BCUT2D eigenvalue weighted by atomic mass is 35.5. The molecule has 3 aromatic rings. The summed E-state index contributed by atoms with van der Waals surface area (Å²) in [6.45, 7) is 0. The average Bonchev–Trinajstić information content (AvgIpc) is 2.99. The molecule has 2 aromatic heterocycles. The van der Waals surface area contributed by atoms with E-state index in [1.165, 1.54) is 18.4 Å². The standard InChI is InChI=1S/C14H9ClO2S2/c1-17-10-6-8(2-3-9(10)15)14(16)13-7-12-11(19-13)4-5-18-12/h2-7H,1H3. The van der Waals surface area contributed by atoms with Gasteiger partial charge in [0, 0.05) is 15.0 Å². The first-order chi connectivity index (χ1) is 9.19. The summed E-state index contributed by atoms with van der Waals surface area (Å²) in [7, 11) is 1.54. The van der Waals surface area contributed by atoms with Crippen molar-refractivity contribution in [2.45, 2.75) is 0 Å². The molecule has 0 bridgehead atoms. The molecule has 0 aliphatic heterocycles. The molecule has 0 spiro atoms. The van der Waals surface area contributed by atoms with E-state index in [4.69, 9.17) is 16.3 Å². The van der Waals surface area contributed by atoms with Crippen LogP contribution in [0.15, 0.2) is 35.7 Å². The molecule has 0 N–H and O–H groups in total. The number of methoxy groups -OCH3 is 1. The second kappa shape index (κ2) is 4.96. The Balaban J connectivity index is 2.01. The highest BCUT2D eigenvalue weighted by Crippen LogP contribution is 2.32. The van der Waals surface area contributed by atoms with Crippen LogP contribution in [-0.4, -0.2) is 12.9 Å². The van der Waals surface area contributed by atoms with Gasteiger partial charge in [0.15, 0.2) is 0 Å². The first kappa shape index (κ1) is 12.7. The normalized spacial score (nSPS) is 10.8. The van der Waals surface area contributed by atoms with Gasteiger partial charge in [0.2, 0.25) is 5.78 Å². The summed E-state index contributed by atoms with van der Waals surface area (Å²) in [5.41, 5.74) is 0.593. The predicted molar refractivity (Wildman–Crippen MR) is 81.1 cm³/mol. The molecule has 0 amide bonds. The summed E-state index contributed by atoms with van der Waals surface area (Å²) in [6, 6.07) is 9.06. The van der Waals surface area contributed by atoms with Crippen molar-refractivity contribution in [3.63, 3.8) is 0 Å². The minimum absolute atomic E-state index is 0.00312. The van der Waals surface area contributed by atoms with E-state index >= 15 is 0 Å². The summed E-state index contributed by atoms with van der Waals surface area (Å²) >= 11 is 9.12. The zero-order valence-electron chi connectivity index (χ0n) is 9.98. The molecule has 0 aliphatic carbocycles. The van der Waals surface area contributed by atoms with Crippen molar-refractivity contribution in [3.05, 3.63) is 51.2 Å². The number of hydrogen-bond acceptors (Lipinski definition) is 4. The number of halogens is 1. The first-order valence-electron chi connectivity index (χ1n) is 5.54. The van der Waals surface area contributed by atoms with Gasteiger partial charge in [-0.25, -0.2) is 0 Å². The van der Waals surface area contributed by atoms with Crippen LogP contribution in [0.2, 0.25) is 5.02 Å². The summed E-state index contributed by atoms with van der Waals surface area (Å²) in [5, 5.41) is 2.53. The van der Waals surface area contributed by atoms with Crippen LogP contribution in [0.4, 0.5) is 0 Å². The summed E-state index contributed by atoms with van der Waals surface area (Å²) in [6.07, 6.45) is 0. The lowest BCUT2D eigenvalue weighted by atomic mass is 10.1. The van der Waals surface area contributed by atoms with Crippen LogP contribution in [0.1, 0.15) is 15.2 Å². The van der Waals surface area contributed by atoms with E-state index < -0.39 is 0 Å². The smallest absolute Gasteiger partial charge is 0.203 e. The fourth-order valence-electron chi connectivity index (χ4n) is 1.82. The van der Waals surface area contributed by atoms with E-state index in [0.29, 0.717) is 16.3 Å². The van der Waals surface area contributed by atoms with Gasteiger partial charge in [-0.3, -0.25) is 4.79 Å². The Hall–Kier alpha value is -1.36. The molecule has 2 nitrogen and oxygen atoms in total. The van der Waals surface area contributed by atoms with Crippen LogP contribution in [0.25, 0.3) is 9.40 Å². The van der Waals surface area contributed by atoms with Gasteiger partial charge in [-0.15, -0.1) is 22.7 Å². The maximum atomic E-state index is 12.4. The van der Waals surface area contributed by atoms with Crippen LogP contribution in [0.3, 0.4) is 0 Å². The topological polar surface area (TPSA) is 26.3 Å². The zero-order valence-corrected chi connectivity index (χ0v) is 12.4. The third-order valence-electron chi connectivity index (χ3n) is 2.78. The monoisotopic (exact) mass is 308 g/mol. The molecule has 0 atom stereocenters. The molecule has 0 saturated carbocycles. The fourth-order valence-corrected chi connectivity index (χ4v) is 4.09. The molecule has 5 heteroatoms. The summed E-state index contributed by atoms with van der Waals surface area (Å²) in [5.74, 6) is 0.522.